The number of pyridine rings is 1. The summed E-state index contributed by atoms with van der Waals surface area (Å²) in [5.74, 6) is 1.65. The van der Waals surface area contributed by atoms with Gasteiger partial charge in [0, 0.05) is 32.2 Å². The quantitative estimate of drug-likeness (QED) is 0.221. The van der Waals surface area contributed by atoms with Gasteiger partial charge in [-0.1, -0.05) is 30.3 Å². The van der Waals surface area contributed by atoms with Crippen molar-refractivity contribution < 1.29 is 28.8 Å². The normalized spacial score (nSPS) is 18.1. The van der Waals surface area contributed by atoms with Gasteiger partial charge in [0.25, 0.3) is 0 Å². The summed E-state index contributed by atoms with van der Waals surface area (Å²) in [5.41, 5.74) is 7.12. The first-order valence-corrected chi connectivity index (χ1v) is 14.8. The molecule has 0 bridgehead atoms. The van der Waals surface area contributed by atoms with Gasteiger partial charge in [-0.2, -0.15) is 0 Å². The lowest BCUT2D eigenvalue weighted by molar-refractivity contribution is -0.362. The number of aryl methyl sites for hydroxylation is 1. The van der Waals surface area contributed by atoms with Crippen LogP contribution in [0.4, 0.5) is 10.6 Å². The SMILES string of the molecule is COOC1COC1CN(C)c1cccc(-c2cccc(C)c2OCc2ccc3c(c2C)CCN(C(=O)OC(C)(C)C)C3)n1. The zero-order chi connectivity index (χ0) is 30.7. The number of aromatic nitrogens is 1. The average molecular weight is 590 g/mol. The fourth-order valence-electron chi connectivity index (χ4n) is 5.57. The average Bonchev–Trinajstić information content (AvgIpc) is 2.97. The minimum Gasteiger partial charge on any atom is -0.488 e. The number of anilines is 1. The highest BCUT2D eigenvalue weighted by Crippen LogP contribution is 2.34. The first-order chi connectivity index (χ1) is 20.5. The van der Waals surface area contributed by atoms with E-state index in [1.807, 2.05) is 52.1 Å². The number of carbonyl (C=O) groups is 1. The van der Waals surface area contributed by atoms with Gasteiger partial charge in [0.05, 0.1) is 19.4 Å². The van der Waals surface area contributed by atoms with E-state index in [2.05, 4.69) is 43.0 Å². The lowest BCUT2D eigenvalue weighted by atomic mass is 9.92. The largest absolute Gasteiger partial charge is 0.488 e. The predicted octanol–water partition coefficient (Wildman–Crippen LogP) is 6.02. The summed E-state index contributed by atoms with van der Waals surface area (Å²) in [7, 11) is 3.51. The Morgan fingerprint density at radius 2 is 1.91 bits per heavy atom. The van der Waals surface area contributed by atoms with Crippen LogP contribution < -0.4 is 9.64 Å². The maximum atomic E-state index is 12.6. The number of carbonyl (C=O) groups excluding carboxylic acids is 1. The van der Waals surface area contributed by atoms with Gasteiger partial charge >= 0.3 is 6.09 Å². The number of para-hydroxylation sites is 1. The Hall–Kier alpha value is -3.66. The van der Waals surface area contributed by atoms with Crippen LogP contribution in [0.25, 0.3) is 11.3 Å². The van der Waals surface area contributed by atoms with Crippen molar-refractivity contribution in [3.8, 4) is 17.0 Å². The Kier molecular flexibility index (Phi) is 9.25. The summed E-state index contributed by atoms with van der Waals surface area (Å²) in [5, 5.41) is 0. The van der Waals surface area contributed by atoms with Crippen LogP contribution in [0.2, 0.25) is 0 Å². The number of rotatable bonds is 9. The third-order valence-corrected chi connectivity index (χ3v) is 8.00. The number of benzene rings is 2. The van der Waals surface area contributed by atoms with Crippen molar-refractivity contribution in [2.24, 2.45) is 0 Å². The first kappa shape index (κ1) is 30.8. The van der Waals surface area contributed by atoms with Crippen LogP contribution in [0.1, 0.15) is 48.6 Å². The van der Waals surface area contributed by atoms with Gasteiger partial charge in [-0.3, -0.25) is 0 Å². The Bertz CT molecular complexity index is 1450. The molecule has 0 saturated carbocycles. The second-order valence-corrected chi connectivity index (χ2v) is 12.3. The molecule has 0 N–H and O–H groups in total. The van der Waals surface area contributed by atoms with Gasteiger partial charge in [0.2, 0.25) is 0 Å². The molecule has 2 atom stereocenters. The molecule has 1 fully saturated rings. The molecule has 230 valence electrons. The topological polar surface area (TPSA) is 82.6 Å². The second kappa shape index (κ2) is 12.9. The highest BCUT2D eigenvalue weighted by molar-refractivity contribution is 5.71. The molecular weight excluding hydrogens is 546 g/mol. The van der Waals surface area contributed by atoms with Crippen LogP contribution >= 0.6 is 0 Å². The molecule has 2 aliphatic rings. The molecule has 0 radical (unpaired) electrons. The van der Waals surface area contributed by atoms with E-state index in [1.165, 1.54) is 18.2 Å². The van der Waals surface area contributed by atoms with E-state index in [4.69, 9.17) is 29.0 Å². The van der Waals surface area contributed by atoms with Gasteiger partial charge in [0.1, 0.15) is 36.0 Å². The monoisotopic (exact) mass is 589 g/mol. The third kappa shape index (κ3) is 7.12. The lowest BCUT2D eigenvalue weighted by Crippen LogP contribution is -2.52. The minimum atomic E-state index is -0.510. The van der Waals surface area contributed by atoms with E-state index >= 15 is 0 Å². The van der Waals surface area contributed by atoms with E-state index in [9.17, 15) is 4.79 Å². The molecule has 2 unspecified atom stereocenters. The molecule has 1 amide bonds. The number of hydrogen-bond donors (Lipinski definition) is 0. The van der Waals surface area contributed by atoms with Crippen molar-refractivity contribution in [3.63, 3.8) is 0 Å². The maximum Gasteiger partial charge on any atom is 0.410 e. The zero-order valence-electron chi connectivity index (χ0n) is 26.3. The molecule has 2 aliphatic heterocycles. The Balaban J connectivity index is 1.30. The van der Waals surface area contributed by atoms with Crippen LogP contribution in [-0.2, 0) is 38.8 Å². The van der Waals surface area contributed by atoms with Gasteiger partial charge in [-0.25, -0.2) is 19.6 Å². The number of nitrogens with zero attached hydrogens (tertiary/aromatic N) is 3. The lowest BCUT2D eigenvalue weighted by Gasteiger charge is -2.37. The standard InChI is InChI=1S/C34H43N3O6/c1-22-10-8-11-27(28-12-9-13-31(35-28)36(6)19-29-30(21-40-29)43-39-7)32(22)41-20-25-15-14-24-18-37(17-16-26(24)23(25)2)33(38)42-34(3,4)5/h8-15,29-30H,16-21H2,1-7H3. The van der Waals surface area contributed by atoms with Crippen LogP contribution in [0.5, 0.6) is 5.75 Å². The van der Waals surface area contributed by atoms with Crippen molar-refractivity contribution in [2.75, 3.05) is 38.8 Å². The predicted molar refractivity (Wildman–Crippen MR) is 165 cm³/mol. The summed E-state index contributed by atoms with van der Waals surface area (Å²) in [6.45, 7) is 12.7. The summed E-state index contributed by atoms with van der Waals surface area (Å²) < 4.78 is 17.8. The molecule has 9 nitrogen and oxygen atoms in total. The van der Waals surface area contributed by atoms with E-state index in [0.29, 0.717) is 32.8 Å². The number of ether oxygens (including phenoxy) is 3. The zero-order valence-corrected chi connectivity index (χ0v) is 26.3. The molecule has 3 aromatic rings. The maximum absolute atomic E-state index is 12.6. The summed E-state index contributed by atoms with van der Waals surface area (Å²) >= 11 is 0. The van der Waals surface area contributed by atoms with Gasteiger partial charge < -0.3 is 24.0 Å². The van der Waals surface area contributed by atoms with Crippen LogP contribution in [0, 0.1) is 13.8 Å². The Labute approximate surface area is 254 Å². The smallest absolute Gasteiger partial charge is 0.410 e. The summed E-state index contributed by atoms with van der Waals surface area (Å²) in [6.07, 6.45) is 0.370. The van der Waals surface area contributed by atoms with Crippen molar-refractivity contribution >= 4 is 11.9 Å². The molecule has 1 aromatic heterocycles. The van der Waals surface area contributed by atoms with Crippen molar-refractivity contribution in [1.29, 1.82) is 0 Å². The molecule has 2 aromatic carbocycles. The molecule has 9 heteroatoms. The van der Waals surface area contributed by atoms with E-state index in [-0.39, 0.29) is 18.3 Å². The highest BCUT2D eigenvalue weighted by atomic mass is 17.2. The van der Waals surface area contributed by atoms with Gasteiger partial charge in [0.15, 0.2) is 0 Å². The van der Waals surface area contributed by atoms with Crippen LogP contribution in [0.15, 0.2) is 48.5 Å². The van der Waals surface area contributed by atoms with Crippen molar-refractivity contribution in [3.05, 3.63) is 76.3 Å². The van der Waals surface area contributed by atoms with Crippen LogP contribution in [0.3, 0.4) is 0 Å². The van der Waals surface area contributed by atoms with E-state index < -0.39 is 5.60 Å². The molecular formula is C34H43N3O6. The van der Waals surface area contributed by atoms with Crippen molar-refractivity contribution in [2.45, 2.75) is 72.0 Å². The summed E-state index contributed by atoms with van der Waals surface area (Å²) in [6, 6.07) is 16.4. The van der Waals surface area contributed by atoms with Gasteiger partial charge in [-0.05, 0) is 87.1 Å². The fraction of sp³-hybridized carbons (Fsp3) is 0.471. The molecule has 0 spiro atoms. The van der Waals surface area contributed by atoms with Gasteiger partial charge in [-0.15, -0.1) is 0 Å². The Morgan fingerprint density at radius 1 is 1.12 bits per heavy atom. The van der Waals surface area contributed by atoms with Crippen molar-refractivity contribution in [1.82, 2.24) is 9.88 Å². The highest BCUT2D eigenvalue weighted by Gasteiger charge is 2.35. The fourth-order valence-corrected chi connectivity index (χ4v) is 5.57. The third-order valence-electron chi connectivity index (χ3n) is 8.00. The molecule has 5 rings (SSSR count). The second-order valence-electron chi connectivity index (χ2n) is 12.3. The number of fused-ring (bicyclic) bond motifs is 1. The van der Waals surface area contributed by atoms with E-state index in [1.54, 1.807) is 4.90 Å². The summed E-state index contributed by atoms with van der Waals surface area (Å²) in [4.78, 5) is 31.6. The van der Waals surface area contributed by atoms with Crippen LogP contribution in [-0.4, -0.2) is 67.6 Å². The number of hydrogen-bond acceptors (Lipinski definition) is 8. The van der Waals surface area contributed by atoms with E-state index in [0.717, 1.165) is 45.9 Å². The molecule has 0 aliphatic carbocycles. The first-order valence-electron chi connectivity index (χ1n) is 14.8. The number of likely N-dealkylation sites (N-methyl/N-ethyl adjacent to an activating group) is 1. The molecule has 1 saturated heterocycles. The minimum absolute atomic E-state index is 0.0755. The Morgan fingerprint density at radius 3 is 2.63 bits per heavy atom. The molecule has 43 heavy (non-hydrogen) atoms. The molecule has 3 heterocycles. The number of amides is 1.